The smallest absolute Gasteiger partial charge is 0.323 e. The van der Waals surface area contributed by atoms with E-state index in [1.165, 1.54) is 0 Å². The van der Waals surface area contributed by atoms with Crippen LogP contribution in [0.3, 0.4) is 0 Å². The predicted octanol–water partition coefficient (Wildman–Crippen LogP) is 6.08. The first-order chi connectivity index (χ1) is 17.1. The maximum absolute atomic E-state index is 12.7. The molecule has 4 rings (SSSR count). The molecule has 0 spiro atoms. The lowest BCUT2D eigenvalue weighted by Gasteiger charge is -2.21. The van der Waals surface area contributed by atoms with E-state index in [0.29, 0.717) is 11.6 Å². The van der Waals surface area contributed by atoms with Gasteiger partial charge in [0, 0.05) is 60.0 Å². The van der Waals surface area contributed by atoms with E-state index in [2.05, 4.69) is 49.6 Å². The van der Waals surface area contributed by atoms with Gasteiger partial charge in [-0.3, -0.25) is 4.98 Å². The Morgan fingerprint density at radius 3 is 2.46 bits per heavy atom. The predicted molar refractivity (Wildman–Crippen MR) is 142 cm³/mol. The molecule has 0 aliphatic rings. The van der Waals surface area contributed by atoms with Crippen LogP contribution in [-0.4, -0.2) is 34.1 Å². The van der Waals surface area contributed by atoms with Crippen LogP contribution in [0.5, 0.6) is 0 Å². The van der Waals surface area contributed by atoms with Crippen molar-refractivity contribution in [3.8, 4) is 11.3 Å². The second-order valence-corrected chi connectivity index (χ2v) is 7.96. The van der Waals surface area contributed by atoms with Crippen molar-refractivity contribution in [2.75, 3.05) is 33.9 Å². The van der Waals surface area contributed by atoms with Gasteiger partial charge in [0.25, 0.3) is 0 Å². The number of carbonyl (C=O) groups is 1. The number of nitrogens with zero attached hydrogens (tertiary/aromatic N) is 4. The lowest BCUT2D eigenvalue weighted by Crippen LogP contribution is -2.23. The molecule has 0 fully saturated rings. The Labute approximate surface area is 205 Å². The summed E-state index contributed by atoms with van der Waals surface area (Å²) in [7, 11) is 0. The van der Waals surface area contributed by atoms with Crippen molar-refractivity contribution < 1.29 is 4.79 Å². The standard InChI is InChI=1S/C27H29N7O/c1-4-34(5-2)23-10-6-9-21(16-23)30-27(35)31-22-12-11-19(3)25(17-22)33-26-29-15-13-24(32-26)20-8-7-14-28-18-20/h6-18H,4-5H2,1-3H3,(H,29,32,33)(H2,30,31,35). The topological polar surface area (TPSA) is 95.1 Å². The summed E-state index contributed by atoms with van der Waals surface area (Å²) < 4.78 is 0. The van der Waals surface area contributed by atoms with Gasteiger partial charge in [-0.25, -0.2) is 14.8 Å². The molecule has 0 atom stereocenters. The van der Waals surface area contributed by atoms with Gasteiger partial charge in [0.1, 0.15) is 0 Å². The number of carbonyl (C=O) groups excluding carboxylic acids is 1. The first-order valence-corrected chi connectivity index (χ1v) is 11.6. The van der Waals surface area contributed by atoms with Crippen LogP contribution in [0.1, 0.15) is 19.4 Å². The average Bonchev–Trinajstić information content (AvgIpc) is 2.88. The second-order valence-electron chi connectivity index (χ2n) is 7.96. The fourth-order valence-corrected chi connectivity index (χ4v) is 3.71. The minimum absolute atomic E-state index is 0.314. The van der Waals surface area contributed by atoms with E-state index in [1.54, 1.807) is 18.6 Å². The normalized spacial score (nSPS) is 10.5. The van der Waals surface area contributed by atoms with Gasteiger partial charge in [-0.2, -0.15) is 0 Å². The van der Waals surface area contributed by atoms with Crippen LogP contribution in [0.25, 0.3) is 11.3 Å². The molecule has 0 aliphatic heterocycles. The molecule has 0 aliphatic carbocycles. The summed E-state index contributed by atoms with van der Waals surface area (Å²) in [6, 6.07) is 18.8. The highest BCUT2D eigenvalue weighted by Gasteiger charge is 2.09. The molecule has 0 radical (unpaired) electrons. The van der Waals surface area contributed by atoms with E-state index in [0.717, 1.165) is 47.0 Å². The summed E-state index contributed by atoms with van der Waals surface area (Å²) >= 11 is 0. The second kappa shape index (κ2) is 11.1. The molecular weight excluding hydrogens is 438 g/mol. The van der Waals surface area contributed by atoms with Crippen LogP contribution in [0, 0.1) is 6.92 Å². The van der Waals surface area contributed by atoms with Gasteiger partial charge in [-0.1, -0.05) is 12.1 Å². The molecule has 0 bridgehead atoms. The van der Waals surface area contributed by atoms with E-state index < -0.39 is 0 Å². The lowest BCUT2D eigenvalue weighted by atomic mass is 10.2. The first kappa shape index (κ1) is 23.7. The quantitative estimate of drug-likeness (QED) is 0.291. The number of hydrogen-bond donors (Lipinski definition) is 3. The molecule has 0 saturated heterocycles. The van der Waals surface area contributed by atoms with E-state index in [-0.39, 0.29) is 6.03 Å². The maximum atomic E-state index is 12.7. The fourth-order valence-electron chi connectivity index (χ4n) is 3.71. The number of amides is 2. The van der Waals surface area contributed by atoms with Gasteiger partial charge in [0.2, 0.25) is 5.95 Å². The van der Waals surface area contributed by atoms with Gasteiger partial charge in [0.05, 0.1) is 5.69 Å². The van der Waals surface area contributed by atoms with E-state index in [1.807, 2.05) is 67.6 Å². The minimum Gasteiger partial charge on any atom is -0.372 e. The van der Waals surface area contributed by atoms with E-state index in [9.17, 15) is 4.79 Å². The number of nitrogens with one attached hydrogen (secondary N) is 3. The Kier molecular flexibility index (Phi) is 7.52. The Balaban J connectivity index is 1.45. The van der Waals surface area contributed by atoms with Crippen molar-refractivity contribution in [3.63, 3.8) is 0 Å². The number of aromatic nitrogens is 3. The monoisotopic (exact) mass is 467 g/mol. The summed E-state index contributed by atoms with van der Waals surface area (Å²) in [5.41, 5.74) is 5.94. The zero-order valence-electron chi connectivity index (χ0n) is 20.1. The van der Waals surface area contributed by atoms with Crippen molar-refractivity contribution in [1.82, 2.24) is 15.0 Å². The van der Waals surface area contributed by atoms with Crippen LogP contribution in [0.15, 0.2) is 79.3 Å². The Bertz CT molecular complexity index is 1290. The lowest BCUT2D eigenvalue weighted by molar-refractivity contribution is 0.262. The molecule has 8 heteroatoms. The molecule has 2 heterocycles. The molecule has 4 aromatic rings. The van der Waals surface area contributed by atoms with Gasteiger partial charge in [-0.05, 0) is 74.9 Å². The number of hydrogen-bond acceptors (Lipinski definition) is 6. The maximum Gasteiger partial charge on any atom is 0.323 e. The van der Waals surface area contributed by atoms with Crippen LogP contribution >= 0.6 is 0 Å². The highest BCUT2D eigenvalue weighted by molar-refractivity contribution is 6.00. The number of anilines is 5. The third-order valence-corrected chi connectivity index (χ3v) is 5.59. The summed E-state index contributed by atoms with van der Waals surface area (Å²) in [5.74, 6) is 0.462. The van der Waals surface area contributed by atoms with E-state index in [4.69, 9.17) is 0 Å². The number of urea groups is 1. The summed E-state index contributed by atoms with van der Waals surface area (Å²) in [4.78, 5) is 28.0. The number of benzene rings is 2. The van der Waals surface area contributed by atoms with Crippen molar-refractivity contribution in [2.45, 2.75) is 20.8 Å². The third kappa shape index (κ3) is 6.11. The Hall–Kier alpha value is -4.46. The van der Waals surface area contributed by atoms with Crippen molar-refractivity contribution in [2.24, 2.45) is 0 Å². The largest absolute Gasteiger partial charge is 0.372 e. The Morgan fingerprint density at radius 2 is 1.71 bits per heavy atom. The summed E-state index contributed by atoms with van der Waals surface area (Å²) in [5, 5.41) is 9.08. The molecule has 2 aromatic carbocycles. The summed E-state index contributed by atoms with van der Waals surface area (Å²) in [6.45, 7) is 8.01. The van der Waals surface area contributed by atoms with Crippen LogP contribution in [0.4, 0.5) is 33.5 Å². The zero-order chi connectivity index (χ0) is 24.6. The van der Waals surface area contributed by atoms with E-state index >= 15 is 0 Å². The highest BCUT2D eigenvalue weighted by atomic mass is 16.2. The van der Waals surface area contributed by atoms with Gasteiger partial charge < -0.3 is 20.9 Å². The number of pyridine rings is 1. The minimum atomic E-state index is -0.314. The van der Waals surface area contributed by atoms with Gasteiger partial charge in [0.15, 0.2) is 0 Å². The molecule has 35 heavy (non-hydrogen) atoms. The molecule has 0 unspecified atom stereocenters. The first-order valence-electron chi connectivity index (χ1n) is 11.6. The average molecular weight is 468 g/mol. The zero-order valence-corrected chi connectivity index (χ0v) is 20.1. The van der Waals surface area contributed by atoms with Crippen molar-refractivity contribution >= 4 is 34.7 Å². The van der Waals surface area contributed by atoms with Crippen LogP contribution < -0.4 is 20.9 Å². The molecule has 8 nitrogen and oxygen atoms in total. The number of aryl methyl sites for hydroxylation is 1. The van der Waals surface area contributed by atoms with Crippen LogP contribution in [-0.2, 0) is 0 Å². The highest BCUT2D eigenvalue weighted by Crippen LogP contribution is 2.25. The molecule has 0 saturated carbocycles. The SMILES string of the molecule is CCN(CC)c1cccc(NC(=O)Nc2ccc(C)c(Nc3nccc(-c4cccnc4)n3)c2)c1. The molecule has 178 valence electrons. The Morgan fingerprint density at radius 1 is 0.914 bits per heavy atom. The van der Waals surface area contributed by atoms with Crippen molar-refractivity contribution in [1.29, 1.82) is 0 Å². The molecular formula is C27H29N7O. The van der Waals surface area contributed by atoms with Gasteiger partial charge in [-0.15, -0.1) is 0 Å². The fraction of sp³-hybridized carbons (Fsp3) is 0.185. The third-order valence-electron chi connectivity index (χ3n) is 5.59. The molecule has 2 aromatic heterocycles. The van der Waals surface area contributed by atoms with Crippen molar-refractivity contribution in [3.05, 3.63) is 84.8 Å². The van der Waals surface area contributed by atoms with Gasteiger partial charge >= 0.3 is 6.03 Å². The number of rotatable bonds is 8. The summed E-state index contributed by atoms with van der Waals surface area (Å²) in [6.07, 6.45) is 5.19. The van der Waals surface area contributed by atoms with Crippen LogP contribution in [0.2, 0.25) is 0 Å². The molecule has 3 N–H and O–H groups in total. The molecule has 2 amide bonds.